The van der Waals surface area contributed by atoms with Gasteiger partial charge in [-0.1, -0.05) is 43.7 Å². The molecule has 1 aromatic carbocycles. The molecule has 0 amide bonds. The number of hydrogen-bond donors (Lipinski definition) is 0. The lowest BCUT2D eigenvalue weighted by atomic mass is 9.87. The molecule has 1 aliphatic carbocycles. The molecule has 0 heterocycles. The summed E-state index contributed by atoms with van der Waals surface area (Å²) in [7, 11) is 1.15. The SMILES string of the molecule is CCC1CCC(PCc2ccccc2)CC1. The third-order valence-electron chi connectivity index (χ3n) is 3.86. The van der Waals surface area contributed by atoms with Gasteiger partial charge < -0.3 is 0 Å². The summed E-state index contributed by atoms with van der Waals surface area (Å²) in [6, 6.07) is 11.0. The van der Waals surface area contributed by atoms with Crippen LogP contribution in [0.25, 0.3) is 0 Å². The van der Waals surface area contributed by atoms with Crippen LogP contribution in [0.2, 0.25) is 0 Å². The molecule has 1 fully saturated rings. The lowest BCUT2D eigenvalue weighted by Gasteiger charge is -2.27. The predicted octanol–water partition coefficient (Wildman–Crippen LogP) is 4.83. The van der Waals surface area contributed by atoms with Gasteiger partial charge in [0, 0.05) is 0 Å². The van der Waals surface area contributed by atoms with E-state index in [4.69, 9.17) is 0 Å². The number of benzene rings is 1. The second kappa shape index (κ2) is 6.40. The smallest absolute Gasteiger partial charge is 0.00981 e. The van der Waals surface area contributed by atoms with Crippen molar-refractivity contribution < 1.29 is 0 Å². The Kier molecular flexibility index (Phi) is 4.85. The van der Waals surface area contributed by atoms with Crippen LogP contribution in [0.15, 0.2) is 30.3 Å². The van der Waals surface area contributed by atoms with Gasteiger partial charge in [-0.15, -0.1) is 8.58 Å². The van der Waals surface area contributed by atoms with Gasteiger partial charge in [-0.25, -0.2) is 0 Å². The lowest BCUT2D eigenvalue weighted by Crippen LogP contribution is -2.14. The van der Waals surface area contributed by atoms with Gasteiger partial charge in [0.1, 0.15) is 0 Å². The fraction of sp³-hybridized carbons (Fsp3) is 0.600. The van der Waals surface area contributed by atoms with Gasteiger partial charge in [-0.3, -0.25) is 0 Å². The Morgan fingerprint density at radius 1 is 1.06 bits per heavy atom. The Hall–Kier alpha value is -0.350. The zero-order chi connectivity index (χ0) is 11.2. The summed E-state index contributed by atoms with van der Waals surface area (Å²) >= 11 is 0. The van der Waals surface area contributed by atoms with Crippen molar-refractivity contribution in [2.45, 2.75) is 50.8 Å². The lowest BCUT2D eigenvalue weighted by molar-refractivity contribution is 0.355. The highest BCUT2D eigenvalue weighted by Gasteiger charge is 2.19. The minimum absolute atomic E-state index is 1.03. The van der Waals surface area contributed by atoms with E-state index < -0.39 is 0 Å². The Balaban J connectivity index is 1.72. The first-order chi connectivity index (χ1) is 7.88. The van der Waals surface area contributed by atoms with E-state index in [0.29, 0.717) is 0 Å². The summed E-state index contributed by atoms with van der Waals surface area (Å²) in [6.07, 6.45) is 8.66. The van der Waals surface area contributed by atoms with Crippen molar-refractivity contribution >= 4 is 8.58 Å². The fourth-order valence-electron chi connectivity index (χ4n) is 2.63. The highest BCUT2D eigenvalue weighted by molar-refractivity contribution is 7.38. The largest absolute Gasteiger partial charge is 0.114 e. The van der Waals surface area contributed by atoms with Crippen LogP contribution in [-0.2, 0) is 6.16 Å². The van der Waals surface area contributed by atoms with E-state index in [-0.39, 0.29) is 0 Å². The van der Waals surface area contributed by atoms with Crippen LogP contribution < -0.4 is 0 Å². The predicted molar refractivity (Wildman–Crippen MR) is 74.5 cm³/mol. The third-order valence-corrected chi connectivity index (χ3v) is 5.63. The van der Waals surface area contributed by atoms with Crippen LogP contribution in [0.4, 0.5) is 0 Å². The van der Waals surface area contributed by atoms with Gasteiger partial charge in [0.15, 0.2) is 0 Å². The van der Waals surface area contributed by atoms with Crippen molar-refractivity contribution in [3.8, 4) is 0 Å². The van der Waals surface area contributed by atoms with Crippen molar-refractivity contribution in [1.82, 2.24) is 0 Å². The summed E-state index contributed by atoms with van der Waals surface area (Å²) < 4.78 is 0. The van der Waals surface area contributed by atoms with E-state index in [1.54, 1.807) is 0 Å². The van der Waals surface area contributed by atoms with Gasteiger partial charge in [0.25, 0.3) is 0 Å². The van der Waals surface area contributed by atoms with Crippen LogP contribution in [0, 0.1) is 5.92 Å². The fourth-order valence-corrected chi connectivity index (χ4v) is 4.13. The van der Waals surface area contributed by atoms with E-state index in [0.717, 1.165) is 20.2 Å². The molecule has 0 nitrogen and oxygen atoms in total. The molecule has 1 aliphatic rings. The van der Waals surface area contributed by atoms with E-state index in [9.17, 15) is 0 Å². The zero-order valence-corrected chi connectivity index (χ0v) is 11.3. The van der Waals surface area contributed by atoms with Gasteiger partial charge in [-0.05, 0) is 49.0 Å². The second-order valence-corrected chi connectivity index (χ2v) is 6.57. The molecule has 0 bridgehead atoms. The molecule has 1 unspecified atom stereocenters. The maximum absolute atomic E-state index is 2.34. The van der Waals surface area contributed by atoms with E-state index >= 15 is 0 Å². The Labute approximate surface area is 102 Å². The van der Waals surface area contributed by atoms with Gasteiger partial charge in [-0.2, -0.15) is 0 Å². The Bertz CT molecular complexity index is 286. The maximum Gasteiger partial charge on any atom is -0.00981 e. The molecule has 0 radical (unpaired) electrons. The summed E-state index contributed by atoms with van der Waals surface area (Å²) in [5.41, 5.74) is 2.56. The zero-order valence-electron chi connectivity index (χ0n) is 10.3. The van der Waals surface area contributed by atoms with Crippen molar-refractivity contribution in [1.29, 1.82) is 0 Å². The van der Waals surface area contributed by atoms with Crippen molar-refractivity contribution in [3.05, 3.63) is 35.9 Å². The number of hydrogen-bond acceptors (Lipinski definition) is 0. The first kappa shape index (κ1) is 12.1. The van der Waals surface area contributed by atoms with Crippen molar-refractivity contribution in [3.63, 3.8) is 0 Å². The van der Waals surface area contributed by atoms with Gasteiger partial charge in [0.05, 0.1) is 0 Å². The van der Waals surface area contributed by atoms with E-state index in [1.165, 1.54) is 43.8 Å². The van der Waals surface area contributed by atoms with Crippen molar-refractivity contribution in [2.75, 3.05) is 0 Å². The molecule has 1 saturated carbocycles. The summed E-state index contributed by atoms with van der Waals surface area (Å²) in [5, 5.41) is 0. The second-order valence-electron chi connectivity index (χ2n) is 4.99. The molecule has 2 rings (SSSR count). The Morgan fingerprint density at radius 2 is 1.75 bits per heavy atom. The average molecular weight is 234 g/mol. The topological polar surface area (TPSA) is 0 Å². The van der Waals surface area contributed by atoms with Crippen molar-refractivity contribution in [2.24, 2.45) is 5.92 Å². The van der Waals surface area contributed by atoms with Crippen LogP contribution >= 0.6 is 8.58 Å². The standard InChI is InChI=1S/C15H23P/c1-2-13-8-10-15(11-9-13)16-12-14-6-4-3-5-7-14/h3-7,13,15-16H,2,8-12H2,1H3. The molecular formula is C15H23P. The first-order valence-corrected chi connectivity index (χ1v) is 7.94. The van der Waals surface area contributed by atoms with Crippen LogP contribution in [0.3, 0.4) is 0 Å². The van der Waals surface area contributed by atoms with Gasteiger partial charge in [0.2, 0.25) is 0 Å². The molecule has 1 heteroatoms. The molecule has 0 aromatic heterocycles. The molecule has 1 atom stereocenters. The quantitative estimate of drug-likeness (QED) is 0.654. The van der Waals surface area contributed by atoms with E-state index in [1.807, 2.05) is 0 Å². The molecule has 1 aromatic rings. The van der Waals surface area contributed by atoms with Crippen LogP contribution in [0.5, 0.6) is 0 Å². The summed E-state index contributed by atoms with van der Waals surface area (Å²) in [5.74, 6) is 1.04. The monoisotopic (exact) mass is 234 g/mol. The number of rotatable bonds is 4. The van der Waals surface area contributed by atoms with Crippen LogP contribution in [-0.4, -0.2) is 5.66 Å². The molecule has 0 N–H and O–H groups in total. The molecule has 88 valence electrons. The maximum atomic E-state index is 2.34. The van der Waals surface area contributed by atoms with E-state index in [2.05, 4.69) is 37.3 Å². The average Bonchev–Trinajstić information content (AvgIpc) is 2.38. The minimum atomic E-state index is 1.03. The third kappa shape index (κ3) is 3.59. The molecule has 16 heavy (non-hydrogen) atoms. The molecule has 0 aliphatic heterocycles. The summed E-state index contributed by atoms with van der Waals surface area (Å²) in [6.45, 7) is 2.34. The molecule has 0 saturated heterocycles. The molecular weight excluding hydrogens is 211 g/mol. The Morgan fingerprint density at radius 3 is 2.38 bits per heavy atom. The minimum Gasteiger partial charge on any atom is -0.114 e. The van der Waals surface area contributed by atoms with Gasteiger partial charge >= 0.3 is 0 Å². The molecule has 0 spiro atoms. The highest BCUT2D eigenvalue weighted by Crippen LogP contribution is 2.38. The normalized spacial score (nSPS) is 26.3. The first-order valence-electron chi connectivity index (χ1n) is 6.65. The summed E-state index contributed by atoms with van der Waals surface area (Å²) in [4.78, 5) is 0. The highest BCUT2D eigenvalue weighted by atomic mass is 31.1. The van der Waals surface area contributed by atoms with Crippen LogP contribution in [0.1, 0.15) is 44.6 Å².